The molecule has 1 aliphatic rings. The van der Waals surface area contributed by atoms with Crippen molar-refractivity contribution in [3.8, 4) is 0 Å². The molecule has 1 heterocycles. The summed E-state index contributed by atoms with van der Waals surface area (Å²) in [5.74, 6) is -0.119. The zero-order chi connectivity index (χ0) is 19.7. The molecule has 3 aromatic rings. The highest BCUT2D eigenvalue weighted by molar-refractivity contribution is 6.69. The molecule has 28 heavy (non-hydrogen) atoms. The normalized spacial score (nSPS) is 13.6. The number of carbonyl (C=O) groups is 1. The molecule has 142 valence electrons. The van der Waals surface area contributed by atoms with Crippen LogP contribution in [-0.4, -0.2) is 32.1 Å². The minimum absolute atomic E-state index is 0.0589. The van der Waals surface area contributed by atoms with Gasteiger partial charge in [-0.05, 0) is 35.6 Å². The van der Waals surface area contributed by atoms with Gasteiger partial charge in [0, 0.05) is 36.0 Å². The van der Waals surface area contributed by atoms with Crippen molar-refractivity contribution in [2.75, 3.05) is 24.6 Å². The summed E-state index contributed by atoms with van der Waals surface area (Å²) in [6.07, 6.45) is 0.331. The van der Waals surface area contributed by atoms with Gasteiger partial charge in [0.15, 0.2) is 0 Å². The predicted octanol–water partition coefficient (Wildman–Crippen LogP) is 4.21. The molecule has 1 amide bonds. The topological polar surface area (TPSA) is 53.6 Å². The van der Waals surface area contributed by atoms with Gasteiger partial charge in [0.05, 0.1) is 7.11 Å². The largest absolute Gasteiger partial charge is 0.408 e. The first-order valence-electron chi connectivity index (χ1n) is 9.49. The highest BCUT2D eigenvalue weighted by atomic mass is 16.7. The number of hydrogen-bond acceptors (Lipinski definition) is 4. The molecular formula is C22H24BN3O2. The average Bonchev–Trinajstić information content (AvgIpc) is 2.72. The predicted molar refractivity (Wildman–Crippen MR) is 115 cm³/mol. The lowest BCUT2D eigenvalue weighted by Crippen LogP contribution is -2.45. The maximum Gasteiger partial charge on any atom is 0.378 e. The van der Waals surface area contributed by atoms with E-state index in [1.54, 1.807) is 7.05 Å². The number of hydrogen-bond donors (Lipinski definition) is 2. The average molecular weight is 373 g/mol. The Morgan fingerprint density at radius 2 is 1.68 bits per heavy atom. The van der Waals surface area contributed by atoms with Crippen LogP contribution >= 0.6 is 0 Å². The summed E-state index contributed by atoms with van der Waals surface area (Å²) in [6, 6.07) is 20.8. The number of hydroxylamine groups is 2. The fourth-order valence-corrected chi connectivity index (χ4v) is 3.98. The molecule has 0 spiro atoms. The molecular weight excluding hydrogens is 349 g/mol. The van der Waals surface area contributed by atoms with Crippen LogP contribution in [0.25, 0.3) is 10.8 Å². The van der Waals surface area contributed by atoms with Gasteiger partial charge >= 0.3 is 6.98 Å². The molecule has 0 aliphatic carbocycles. The number of nitrogens with zero attached hydrogens (tertiary/aromatic N) is 1. The van der Waals surface area contributed by atoms with E-state index in [1.807, 2.05) is 12.1 Å². The van der Waals surface area contributed by atoms with Crippen LogP contribution in [0.2, 0.25) is 0 Å². The smallest absolute Gasteiger partial charge is 0.378 e. The molecule has 0 radical (unpaired) electrons. The number of rotatable bonds is 5. The van der Waals surface area contributed by atoms with Crippen molar-refractivity contribution in [1.82, 2.24) is 5.06 Å². The van der Waals surface area contributed by atoms with Gasteiger partial charge in [0.2, 0.25) is 5.91 Å². The van der Waals surface area contributed by atoms with Crippen molar-refractivity contribution in [2.45, 2.75) is 19.2 Å². The standard InChI is InChI=1S/C22H24BN3O2/c1-15-8-4-5-11-17(15)18(14-21(27)26(2)28-3)23-24-19-12-6-9-16-10-7-13-20(25-23)22(16)19/h4-13,18,24-25H,14H2,1-3H3/t18-/m1/s1. The number of benzene rings is 3. The van der Waals surface area contributed by atoms with Gasteiger partial charge in [-0.3, -0.25) is 9.63 Å². The molecule has 0 bridgehead atoms. The van der Waals surface area contributed by atoms with Crippen LogP contribution in [0.15, 0.2) is 60.7 Å². The summed E-state index contributed by atoms with van der Waals surface area (Å²) in [4.78, 5) is 17.8. The highest BCUT2D eigenvalue weighted by Gasteiger charge is 2.35. The maximum absolute atomic E-state index is 12.7. The van der Waals surface area contributed by atoms with E-state index in [9.17, 15) is 4.79 Å². The minimum atomic E-state index is -0.115. The number of amides is 1. The Bertz CT molecular complexity index is 983. The van der Waals surface area contributed by atoms with Gasteiger partial charge < -0.3 is 10.5 Å². The van der Waals surface area contributed by atoms with Crippen molar-refractivity contribution < 1.29 is 9.63 Å². The Labute approximate surface area is 165 Å². The SMILES string of the molecule is CON(C)C(=O)C[C@@H](B1Nc2cccc3cccc(c23)N1)c1ccccc1C. The molecule has 0 fully saturated rings. The van der Waals surface area contributed by atoms with E-state index < -0.39 is 0 Å². The van der Waals surface area contributed by atoms with Crippen molar-refractivity contribution >= 4 is 35.0 Å². The Kier molecular flexibility index (Phi) is 4.96. The number of aryl methyl sites for hydroxylation is 1. The van der Waals surface area contributed by atoms with Gasteiger partial charge in [-0.15, -0.1) is 0 Å². The number of carbonyl (C=O) groups excluding carboxylic acids is 1. The minimum Gasteiger partial charge on any atom is -0.408 e. The van der Waals surface area contributed by atoms with Crippen LogP contribution < -0.4 is 10.5 Å². The Morgan fingerprint density at radius 1 is 1.04 bits per heavy atom. The van der Waals surface area contributed by atoms with E-state index >= 15 is 0 Å². The van der Waals surface area contributed by atoms with Crippen LogP contribution in [-0.2, 0) is 9.63 Å². The lowest BCUT2D eigenvalue weighted by Gasteiger charge is -2.33. The third-order valence-corrected chi connectivity index (χ3v) is 5.54. The lowest BCUT2D eigenvalue weighted by atomic mass is 9.56. The van der Waals surface area contributed by atoms with Gasteiger partial charge in [-0.1, -0.05) is 48.5 Å². The molecule has 3 aromatic carbocycles. The molecule has 0 saturated carbocycles. The van der Waals surface area contributed by atoms with Gasteiger partial charge in [-0.2, -0.15) is 0 Å². The molecule has 1 atom stereocenters. The third-order valence-electron chi connectivity index (χ3n) is 5.54. The molecule has 0 unspecified atom stereocenters. The quantitative estimate of drug-likeness (QED) is 0.520. The summed E-state index contributed by atoms with van der Waals surface area (Å²) in [7, 11) is 3.16. The van der Waals surface area contributed by atoms with E-state index in [1.165, 1.54) is 28.5 Å². The third kappa shape index (κ3) is 3.31. The van der Waals surface area contributed by atoms with E-state index in [4.69, 9.17) is 4.84 Å². The van der Waals surface area contributed by atoms with Crippen molar-refractivity contribution in [1.29, 1.82) is 0 Å². The summed E-state index contributed by atoms with van der Waals surface area (Å²) < 4.78 is 0. The van der Waals surface area contributed by atoms with E-state index in [0.29, 0.717) is 6.42 Å². The Morgan fingerprint density at radius 3 is 2.29 bits per heavy atom. The van der Waals surface area contributed by atoms with Gasteiger partial charge in [-0.25, -0.2) is 5.06 Å². The van der Waals surface area contributed by atoms with Gasteiger partial charge in [0.1, 0.15) is 0 Å². The van der Waals surface area contributed by atoms with Crippen LogP contribution in [0, 0.1) is 6.92 Å². The van der Waals surface area contributed by atoms with Gasteiger partial charge in [0.25, 0.3) is 0 Å². The molecule has 0 aromatic heterocycles. The van der Waals surface area contributed by atoms with Crippen LogP contribution in [0.1, 0.15) is 23.4 Å². The fraction of sp³-hybridized carbons (Fsp3) is 0.227. The second kappa shape index (κ2) is 7.56. The van der Waals surface area contributed by atoms with Crippen molar-refractivity contribution in [3.63, 3.8) is 0 Å². The molecule has 5 nitrogen and oxygen atoms in total. The van der Waals surface area contributed by atoms with Crippen LogP contribution in [0.3, 0.4) is 0 Å². The molecule has 0 saturated heterocycles. The fourth-order valence-electron chi connectivity index (χ4n) is 3.98. The molecule has 4 rings (SSSR count). The zero-order valence-corrected chi connectivity index (χ0v) is 16.4. The molecule has 6 heteroatoms. The summed E-state index contributed by atoms with van der Waals surface area (Å²) in [6.45, 7) is 1.97. The number of anilines is 2. The zero-order valence-electron chi connectivity index (χ0n) is 16.4. The Hall–Kier alpha value is -2.99. The summed E-state index contributed by atoms with van der Waals surface area (Å²) in [5.41, 5.74) is 4.49. The number of nitrogens with one attached hydrogen (secondary N) is 2. The first kappa shape index (κ1) is 18.4. The maximum atomic E-state index is 12.7. The monoisotopic (exact) mass is 373 g/mol. The van der Waals surface area contributed by atoms with E-state index in [-0.39, 0.29) is 18.7 Å². The highest BCUT2D eigenvalue weighted by Crippen LogP contribution is 2.37. The second-order valence-corrected chi connectivity index (χ2v) is 7.22. The van der Waals surface area contributed by atoms with Crippen molar-refractivity contribution in [3.05, 3.63) is 71.8 Å². The molecule has 2 N–H and O–H groups in total. The second-order valence-electron chi connectivity index (χ2n) is 7.22. The van der Waals surface area contributed by atoms with Crippen molar-refractivity contribution in [2.24, 2.45) is 0 Å². The summed E-state index contributed by atoms with van der Waals surface area (Å²) in [5, 5.41) is 10.9. The van der Waals surface area contributed by atoms with E-state index in [2.05, 4.69) is 65.9 Å². The Balaban J connectivity index is 1.73. The lowest BCUT2D eigenvalue weighted by molar-refractivity contribution is -0.168. The summed E-state index contributed by atoms with van der Waals surface area (Å²) >= 11 is 0. The molecule has 1 aliphatic heterocycles. The van der Waals surface area contributed by atoms with E-state index in [0.717, 1.165) is 16.9 Å². The first-order valence-corrected chi connectivity index (χ1v) is 9.49. The van der Waals surface area contributed by atoms with Crippen LogP contribution in [0.5, 0.6) is 0 Å². The first-order chi connectivity index (χ1) is 13.6. The van der Waals surface area contributed by atoms with Crippen LogP contribution in [0.4, 0.5) is 11.4 Å².